The number of aliphatic hydroxyl groups excluding tert-OH is 4. The van der Waals surface area contributed by atoms with Crippen LogP contribution in [0.5, 0.6) is 0 Å². The van der Waals surface area contributed by atoms with E-state index in [2.05, 4.69) is 28.3 Å². The Morgan fingerprint density at radius 3 is 2.57 bits per heavy atom. The van der Waals surface area contributed by atoms with Crippen LogP contribution in [-0.4, -0.2) is 117 Å². The molecule has 2 aliphatic heterocycles. The summed E-state index contributed by atoms with van der Waals surface area (Å²) in [5.74, 6) is -3.60. The summed E-state index contributed by atoms with van der Waals surface area (Å²) in [6.45, 7) is -2.55. The second kappa shape index (κ2) is 13.1. The van der Waals surface area contributed by atoms with Crippen molar-refractivity contribution in [3.8, 4) is 0 Å². The average molecular weight is 694 g/mol. The van der Waals surface area contributed by atoms with Crippen molar-refractivity contribution in [2.45, 2.75) is 48.6 Å². The molecule has 252 valence electrons. The van der Waals surface area contributed by atoms with Gasteiger partial charge in [0.2, 0.25) is 11.8 Å². The number of anilines is 1. The van der Waals surface area contributed by atoms with E-state index in [1.807, 2.05) is 0 Å². The van der Waals surface area contributed by atoms with E-state index in [9.17, 15) is 49.9 Å². The Morgan fingerprint density at radius 2 is 1.85 bits per heavy atom. The molecule has 11 N–H and O–H groups in total. The van der Waals surface area contributed by atoms with E-state index in [1.54, 1.807) is 0 Å². The molecule has 3 aromatic heterocycles. The summed E-state index contributed by atoms with van der Waals surface area (Å²) in [5.41, 5.74) is 11.3. The summed E-state index contributed by atoms with van der Waals surface area (Å²) >= 11 is 0. The fraction of sp³-hybridized carbons (Fsp3) is 0.500. The molecule has 10 atom stereocenters. The van der Waals surface area contributed by atoms with Crippen molar-refractivity contribution in [1.29, 1.82) is 0 Å². The van der Waals surface area contributed by atoms with Crippen molar-refractivity contribution >= 4 is 39.2 Å². The zero-order valence-corrected chi connectivity index (χ0v) is 25.1. The Kier molecular flexibility index (Phi) is 9.82. The number of hydrogen-bond donors (Lipinski definition) is 9. The smallest absolute Gasteiger partial charge is 0.434 e. The third-order valence-corrected chi connectivity index (χ3v) is 9.78. The summed E-state index contributed by atoms with van der Waals surface area (Å²) < 4.78 is 26.7. The molecule has 5 heterocycles. The number of imidazole rings is 1. The van der Waals surface area contributed by atoms with E-state index in [0.717, 1.165) is 17.2 Å². The Balaban J connectivity index is 1.16. The summed E-state index contributed by atoms with van der Waals surface area (Å²) in [6.07, 6.45) is -5.20. The topological polar surface area (TPSA) is 350 Å². The molecule has 2 saturated heterocycles. The quantitative estimate of drug-likeness (QED) is 0.0666. The van der Waals surface area contributed by atoms with Crippen LogP contribution in [0.4, 0.5) is 5.82 Å². The Hall–Kier alpha value is -2.73. The lowest BCUT2D eigenvalue weighted by Gasteiger charge is -2.35. The number of phosphoric acid groups is 2. The highest BCUT2D eigenvalue weighted by Gasteiger charge is 2.58. The van der Waals surface area contributed by atoms with Crippen LogP contribution in [0.1, 0.15) is 22.6 Å². The number of pyridine rings is 1. The average Bonchev–Trinajstić information content (AvgIpc) is 3.52. The van der Waals surface area contributed by atoms with Gasteiger partial charge in [-0.3, -0.25) is 9.36 Å². The van der Waals surface area contributed by atoms with E-state index in [4.69, 9.17) is 20.9 Å². The van der Waals surface area contributed by atoms with Crippen molar-refractivity contribution in [2.75, 3.05) is 25.6 Å². The molecule has 2 unspecified atom stereocenters. The summed E-state index contributed by atoms with van der Waals surface area (Å²) in [6, 6.07) is 2.02. The van der Waals surface area contributed by atoms with Gasteiger partial charge in [0.05, 0.1) is 6.33 Å². The van der Waals surface area contributed by atoms with Crippen LogP contribution in [-0.2, 0) is 22.8 Å². The molecule has 0 aromatic carbocycles. The minimum absolute atomic E-state index is 0.0133. The van der Waals surface area contributed by atoms with Crippen LogP contribution >= 0.6 is 16.3 Å². The first kappa shape index (κ1) is 34.6. The van der Waals surface area contributed by atoms with Crippen molar-refractivity contribution in [2.24, 2.45) is 5.73 Å². The maximum absolute atomic E-state index is 12.5. The molecular weight excluding hydrogens is 664 g/mol. The highest BCUT2D eigenvalue weighted by Crippen LogP contribution is 2.65. The van der Waals surface area contributed by atoms with E-state index >= 15 is 0 Å². The lowest BCUT2D eigenvalue weighted by Crippen LogP contribution is -2.59. The number of fused-ring (bicyclic) bond motifs is 1. The van der Waals surface area contributed by atoms with E-state index in [-0.39, 0.29) is 29.2 Å². The Bertz CT molecular complexity index is 1570. The fourth-order valence-corrected chi connectivity index (χ4v) is 6.91. The Morgan fingerprint density at radius 1 is 1.13 bits per heavy atom. The minimum atomic E-state index is -5.56. The number of carbonyl (C=O) groups is 1. The first-order valence-electron chi connectivity index (χ1n) is 13.2. The number of ether oxygens (including phenoxy) is 2. The predicted molar refractivity (Wildman–Crippen MR) is 144 cm³/mol. The zero-order chi connectivity index (χ0) is 33.6. The van der Waals surface area contributed by atoms with Crippen molar-refractivity contribution < 1.29 is 77.3 Å². The maximum atomic E-state index is 12.5. The van der Waals surface area contributed by atoms with Gasteiger partial charge in [-0.05, 0) is 6.07 Å². The summed E-state index contributed by atoms with van der Waals surface area (Å²) in [7, 11) is -11.0. The molecule has 0 radical (unpaired) electrons. The number of nitrogens with zero attached hydrogens (tertiary/aromatic N) is 5. The van der Waals surface area contributed by atoms with Gasteiger partial charge in [-0.2, -0.15) is 23.4 Å². The van der Waals surface area contributed by atoms with Crippen LogP contribution in [0.2, 0.25) is 0 Å². The van der Waals surface area contributed by atoms with Gasteiger partial charge in [0.25, 0.3) is 5.91 Å². The van der Waals surface area contributed by atoms with Gasteiger partial charge in [0.1, 0.15) is 61.1 Å². The van der Waals surface area contributed by atoms with Crippen LogP contribution in [0.25, 0.3) is 11.2 Å². The molecule has 3 aromatic rings. The largest absolute Gasteiger partial charge is 0.603 e. The van der Waals surface area contributed by atoms with Crippen molar-refractivity contribution in [3.63, 3.8) is 0 Å². The molecule has 24 heteroatoms. The van der Waals surface area contributed by atoms with E-state index in [0.29, 0.717) is 0 Å². The number of carbonyl (C=O) groups excluding carboxylic acids is 1. The van der Waals surface area contributed by atoms with E-state index < -0.39 is 84.0 Å². The number of primary amides is 1. The van der Waals surface area contributed by atoms with Gasteiger partial charge >= 0.3 is 16.3 Å². The zero-order valence-electron chi connectivity index (χ0n) is 23.3. The monoisotopic (exact) mass is 694 g/mol. The normalized spacial score (nSPS) is 32.7. The molecular formula is C22H30N7O15P2+. The third-order valence-electron chi connectivity index (χ3n) is 7.20. The molecule has 5 rings (SSSR count). The van der Waals surface area contributed by atoms with Crippen molar-refractivity contribution in [3.05, 3.63) is 42.7 Å². The summed E-state index contributed by atoms with van der Waals surface area (Å²) in [4.78, 5) is 68.1. The first-order valence-corrected chi connectivity index (χ1v) is 16.1. The molecule has 0 bridgehead atoms. The van der Waals surface area contributed by atoms with Gasteiger partial charge in [-0.15, -0.1) is 0 Å². The number of nitrogen functional groups attached to an aromatic ring is 1. The standard InChI is InChI=1S/C22H29N7O15P2/c23-18-13-20(26-8-25-18)29(9-27-13)21-16(32)17(33)22(35,43-21)7-42-46(38,39)44-45(36,37)41-6-12-15(31)14(30)11(5-40-12)28-3-1-2-10(4-28)19(24)34/h1-4,8-9,11-12,14-17,21,30-33,35H,5-7H2,(H5-,23,24,25,26,34,36,37,38,39)/p+1/t11-,12-,14+,15-,16-,17+,21-,22+/m1/s1. The SMILES string of the molecule is NC(=O)c1ccc[n+]([C@@H]2CO[C@H](CO[P+]([O-])(O)O[P+]([O-])(O)OC[C@]3(O)O[C@@H](n4cnc5c(N)ncnc54)[C@H](O)[C@@H]3O)[C@@H](O)[C@H]2O)c1. The van der Waals surface area contributed by atoms with E-state index in [1.165, 1.54) is 29.1 Å². The second-order valence-electron chi connectivity index (χ2n) is 10.3. The van der Waals surface area contributed by atoms with Gasteiger partial charge in [-0.25, -0.2) is 15.0 Å². The maximum Gasteiger partial charge on any atom is 0.434 e. The van der Waals surface area contributed by atoms with Gasteiger partial charge < -0.3 is 56.3 Å². The van der Waals surface area contributed by atoms with Crippen LogP contribution < -0.4 is 25.8 Å². The van der Waals surface area contributed by atoms with Crippen LogP contribution in [0.3, 0.4) is 0 Å². The number of amides is 1. The molecule has 1 amide bonds. The highest BCUT2D eigenvalue weighted by atomic mass is 31.3. The molecule has 46 heavy (non-hydrogen) atoms. The summed E-state index contributed by atoms with van der Waals surface area (Å²) in [5, 5.41) is 52.8. The molecule has 22 nitrogen and oxygen atoms in total. The minimum Gasteiger partial charge on any atom is -0.603 e. The third kappa shape index (κ3) is 7.07. The van der Waals surface area contributed by atoms with Crippen molar-refractivity contribution in [1.82, 2.24) is 19.5 Å². The number of aromatic nitrogens is 5. The number of hydrogen-bond acceptors (Lipinski definition) is 19. The lowest BCUT2D eigenvalue weighted by atomic mass is 9.98. The molecule has 0 aliphatic carbocycles. The highest BCUT2D eigenvalue weighted by molar-refractivity contribution is 7.66. The number of nitrogens with two attached hydrogens (primary N) is 2. The van der Waals surface area contributed by atoms with Gasteiger partial charge in [0, 0.05) is 10.4 Å². The number of aliphatic hydroxyl groups is 5. The molecule has 0 saturated carbocycles. The van der Waals surface area contributed by atoms with Crippen LogP contribution in [0.15, 0.2) is 37.2 Å². The first-order chi connectivity index (χ1) is 21.5. The lowest BCUT2D eigenvalue weighted by molar-refractivity contribution is -0.737. The predicted octanol–water partition coefficient (Wildman–Crippen LogP) is -5.79. The Labute approximate surface area is 258 Å². The van der Waals surface area contributed by atoms with Gasteiger partial charge in [-0.1, -0.05) is 0 Å². The second-order valence-corrected chi connectivity index (χ2v) is 13.3. The number of phosphoric ester groups is 2. The molecule has 2 fully saturated rings. The molecule has 0 spiro atoms. The number of rotatable bonds is 11. The van der Waals surface area contributed by atoms with Gasteiger partial charge in [0.15, 0.2) is 36.7 Å². The molecule has 2 aliphatic rings. The fourth-order valence-electron chi connectivity index (χ4n) is 4.81. The van der Waals surface area contributed by atoms with Crippen LogP contribution in [0, 0.1) is 0 Å².